The summed E-state index contributed by atoms with van der Waals surface area (Å²) in [7, 11) is 2.64. The van der Waals surface area contributed by atoms with Crippen LogP contribution < -0.4 is 0 Å². The molecule has 1 rings (SSSR count). The molecule has 4 nitrogen and oxygen atoms in total. The molecule has 18 heavy (non-hydrogen) atoms. The van der Waals surface area contributed by atoms with E-state index in [-0.39, 0.29) is 5.92 Å². The molecule has 0 aliphatic rings. The van der Waals surface area contributed by atoms with Crippen molar-refractivity contribution in [3.05, 3.63) is 34.9 Å². The topological polar surface area (TPSA) is 52.6 Å². The van der Waals surface area contributed by atoms with Gasteiger partial charge in [-0.15, -0.1) is 0 Å². The Morgan fingerprint density at radius 1 is 1.17 bits per heavy atom. The summed E-state index contributed by atoms with van der Waals surface area (Å²) in [4.78, 5) is 23.2. The van der Waals surface area contributed by atoms with E-state index in [9.17, 15) is 9.59 Å². The van der Waals surface area contributed by atoms with Gasteiger partial charge in [0.05, 0.1) is 25.3 Å². The fraction of sp³-hybridized carbons (Fsp3) is 0.429. The van der Waals surface area contributed by atoms with Crippen molar-refractivity contribution in [1.29, 1.82) is 0 Å². The Morgan fingerprint density at radius 3 is 2.28 bits per heavy atom. The summed E-state index contributed by atoms with van der Waals surface area (Å²) in [5, 5.41) is 0. The van der Waals surface area contributed by atoms with Crippen LogP contribution in [-0.2, 0) is 9.47 Å². The molecule has 0 heterocycles. The molecule has 0 bridgehead atoms. The number of esters is 2. The van der Waals surface area contributed by atoms with Gasteiger partial charge in [0.2, 0.25) is 0 Å². The largest absolute Gasteiger partial charge is 0.465 e. The van der Waals surface area contributed by atoms with E-state index in [1.807, 2.05) is 13.8 Å². The number of rotatable bonds is 4. The molecular formula is C14H18O4. The van der Waals surface area contributed by atoms with E-state index >= 15 is 0 Å². The molecule has 4 heteroatoms. The average Bonchev–Trinajstić information content (AvgIpc) is 2.43. The lowest BCUT2D eigenvalue weighted by molar-refractivity contribution is 0.0598. The van der Waals surface area contributed by atoms with E-state index in [0.29, 0.717) is 11.1 Å². The van der Waals surface area contributed by atoms with Crippen molar-refractivity contribution < 1.29 is 19.1 Å². The van der Waals surface area contributed by atoms with Crippen LogP contribution in [0.3, 0.4) is 0 Å². The van der Waals surface area contributed by atoms with Crippen LogP contribution in [0.1, 0.15) is 52.5 Å². The van der Waals surface area contributed by atoms with Crippen molar-refractivity contribution >= 4 is 11.9 Å². The van der Waals surface area contributed by atoms with Gasteiger partial charge in [-0.2, -0.15) is 0 Å². The molecule has 0 saturated carbocycles. The summed E-state index contributed by atoms with van der Waals surface area (Å²) in [6.07, 6.45) is 0.904. The summed E-state index contributed by atoms with van der Waals surface area (Å²) >= 11 is 0. The second kappa shape index (κ2) is 6.19. The minimum absolute atomic E-state index is 0.228. The van der Waals surface area contributed by atoms with Gasteiger partial charge >= 0.3 is 11.9 Å². The quantitative estimate of drug-likeness (QED) is 0.771. The Kier molecular flexibility index (Phi) is 4.89. The molecule has 1 aromatic carbocycles. The van der Waals surface area contributed by atoms with Gasteiger partial charge in [0.1, 0.15) is 0 Å². The minimum Gasteiger partial charge on any atom is -0.465 e. The molecule has 0 saturated heterocycles. The number of methoxy groups -OCH3 is 2. The van der Waals surface area contributed by atoms with Crippen molar-refractivity contribution in [2.75, 3.05) is 14.2 Å². The van der Waals surface area contributed by atoms with Crippen LogP contribution in [0.4, 0.5) is 0 Å². The number of benzene rings is 1. The first-order valence-corrected chi connectivity index (χ1v) is 5.85. The Bertz CT molecular complexity index is 451. The smallest absolute Gasteiger partial charge is 0.338 e. The van der Waals surface area contributed by atoms with Gasteiger partial charge in [-0.25, -0.2) is 9.59 Å². The minimum atomic E-state index is -0.462. The van der Waals surface area contributed by atoms with Crippen LogP contribution in [0.15, 0.2) is 18.2 Å². The zero-order valence-corrected chi connectivity index (χ0v) is 11.1. The summed E-state index contributed by atoms with van der Waals surface area (Å²) in [5.74, 6) is -0.669. The van der Waals surface area contributed by atoms with E-state index in [2.05, 4.69) is 4.74 Å². The van der Waals surface area contributed by atoms with E-state index in [4.69, 9.17) is 4.74 Å². The van der Waals surface area contributed by atoms with Gasteiger partial charge in [0.15, 0.2) is 0 Å². The van der Waals surface area contributed by atoms with Crippen molar-refractivity contribution in [3.63, 3.8) is 0 Å². The Labute approximate surface area is 107 Å². The Balaban J connectivity index is 3.29. The molecule has 1 atom stereocenters. The molecule has 0 amide bonds. The second-order valence-corrected chi connectivity index (χ2v) is 4.09. The first-order valence-electron chi connectivity index (χ1n) is 5.85. The maximum atomic E-state index is 11.7. The molecule has 0 aliphatic carbocycles. The standard InChI is InChI=1S/C14H18O4/c1-5-9(2)11-7-6-10(13(15)17-3)8-12(11)14(16)18-4/h6-9H,5H2,1-4H3. The molecule has 0 aromatic heterocycles. The van der Waals surface area contributed by atoms with Crippen LogP contribution in [0.25, 0.3) is 0 Å². The maximum Gasteiger partial charge on any atom is 0.338 e. The zero-order valence-electron chi connectivity index (χ0n) is 11.1. The van der Waals surface area contributed by atoms with Crippen molar-refractivity contribution in [1.82, 2.24) is 0 Å². The van der Waals surface area contributed by atoms with E-state index in [1.54, 1.807) is 12.1 Å². The van der Waals surface area contributed by atoms with Gasteiger partial charge in [0, 0.05) is 0 Å². The Morgan fingerprint density at radius 2 is 1.78 bits per heavy atom. The van der Waals surface area contributed by atoms with Gasteiger partial charge in [-0.05, 0) is 30.0 Å². The summed E-state index contributed by atoms with van der Waals surface area (Å²) in [6.45, 7) is 4.07. The lowest BCUT2D eigenvalue weighted by Crippen LogP contribution is -2.11. The SMILES string of the molecule is CCC(C)c1ccc(C(=O)OC)cc1C(=O)OC. The summed E-state index contributed by atoms with van der Waals surface area (Å²) in [6, 6.07) is 4.98. The lowest BCUT2D eigenvalue weighted by Gasteiger charge is -2.14. The van der Waals surface area contributed by atoms with Crippen LogP contribution in [0.5, 0.6) is 0 Å². The number of carbonyl (C=O) groups is 2. The maximum absolute atomic E-state index is 11.7. The fourth-order valence-electron chi connectivity index (χ4n) is 1.74. The van der Waals surface area contributed by atoms with Crippen LogP contribution >= 0.6 is 0 Å². The van der Waals surface area contributed by atoms with Gasteiger partial charge in [0.25, 0.3) is 0 Å². The van der Waals surface area contributed by atoms with Gasteiger partial charge in [-0.1, -0.05) is 19.9 Å². The number of ether oxygens (including phenoxy) is 2. The highest BCUT2D eigenvalue weighted by Crippen LogP contribution is 2.24. The van der Waals surface area contributed by atoms with Crippen LogP contribution in [0.2, 0.25) is 0 Å². The highest BCUT2D eigenvalue weighted by molar-refractivity contribution is 5.96. The molecule has 0 spiro atoms. The number of carbonyl (C=O) groups excluding carboxylic acids is 2. The molecule has 98 valence electrons. The summed E-state index contributed by atoms with van der Waals surface area (Å²) in [5.41, 5.74) is 1.66. The van der Waals surface area contributed by atoms with Crippen molar-refractivity contribution in [2.24, 2.45) is 0 Å². The van der Waals surface area contributed by atoms with Crippen molar-refractivity contribution in [3.8, 4) is 0 Å². The fourth-order valence-corrected chi connectivity index (χ4v) is 1.74. The predicted octanol–water partition coefficient (Wildman–Crippen LogP) is 2.77. The zero-order chi connectivity index (χ0) is 13.7. The summed E-state index contributed by atoms with van der Waals surface area (Å²) < 4.78 is 9.39. The van der Waals surface area contributed by atoms with E-state index in [0.717, 1.165) is 12.0 Å². The van der Waals surface area contributed by atoms with E-state index in [1.165, 1.54) is 20.3 Å². The van der Waals surface area contributed by atoms with E-state index < -0.39 is 11.9 Å². The lowest BCUT2D eigenvalue weighted by atomic mass is 9.92. The molecular weight excluding hydrogens is 232 g/mol. The Hall–Kier alpha value is -1.84. The molecule has 0 aliphatic heterocycles. The molecule has 0 N–H and O–H groups in total. The van der Waals surface area contributed by atoms with Crippen LogP contribution in [-0.4, -0.2) is 26.2 Å². The molecule has 0 radical (unpaired) electrons. The third-order valence-electron chi connectivity index (χ3n) is 3.02. The number of hydrogen-bond donors (Lipinski definition) is 0. The second-order valence-electron chi connectivity index (χ2n) is 4.09. The van der Waals surface area contributed by atoms with Gasteiger partial charge < -0.3 is 9.47 Å². The predicted molar refractivity (Wildman–Crippen MR) is 67.8 cm³/mol. The average molecular weight is 250 g/mol. The van der Waals surface area contributed by atoms with Gasteiger partial charge in [-0.3, -0.25) is 0 Å². The molecule has 1 unspecified atom stereocenters. The van der Waals surface area contributed by atoms with Crippen molar-refractivity contribution in [2.45, 2.75) is 26.2 Å². The third kappa shape index (κ3) is 2.88. The molecule has 1 aromatic rings. The molecule has 0 fully saturated rings. The first kappa shape index (κ1) is 14.2. The highest BCUT2D eigenvalue weighted by Gasteiger charge is 2.18. The number of hydrogen-bond acceptors (Lipinski definition) is 4. The normalized spacial score (nSPS) is 11.8. The van der Waals surface area contributed by atoms with Crippen LogP contribution in [0, 0.1) is 0 Å². The third-order valence-corrected chi connectivity index (χ3v) is 3.02. The first-order chi connectivity index (χ1) is 8.54. The monoisotopic (exact) mass is 250 g/mol. The highest BCUT2D eigenvalue weighted by atomic mass is 16.5.